The van der Waals surface area contributed by atoms with Crippen LogP contribution in [0.5, 0.6) is 0 Å². The predicted molar refractivity (Wildman–Crippen MR) is 2.75 cm³/mol. The third kappa shape index (κ3) is 50.9. The summed E-state index contributed by atoms with van der Waals surface area (Å²) < 4.78 is 0. The Morgan fingerprint density at radius 2 is 0.625 bits per heavy atom. The van der Waals surface area contributed by atoms with Gasteiger partial charge in [-0.05, 0) is 0 Å². The van der Waals surface area contributed by atoms with Crippen LogP contribution in [-0.2, 0) is 74.0 Å². The zero-order valence-corrected chi connectivity index (χ0v) is 18.0. The molecule has 8 heavy (non-hydrogen) atoms. The SMILES string of the molecule is [Hf+4].[O-2].[O-2].[O-2].[O-2].[Th+4].[U].[Zr+4]. The van der Waals surface area contributed by atoms with Crippen LogP contribution in [0.2, 0.25) is 0 Å². The molecule has 0 aliphatic rings. The Bertz CT molecular complexity index is 16.0. The van der Waals surface area contributed by atoms with Gasteiger partial charge in [-0.1, -0.05) is 0 Å². The van der Waals surface area contributed by atoms with Gasteiger partial charge in [0.1, 0.15) is 0 Å². The van der Waals surface area contributed by atoms with Crippen LogP contribution in [-0.4, -0.2) is 0 Å². The van der Waals surface area contributed by atoms with Gasteiger partial charge in [-0.3, -0.25) is 0 Å². The Morgan fingerprint density at radius 3 is 0.625 bits per heavy atom. The van der Waals surface area contributed by atoms with Gasteiger partial charge in [0.2, 0.25) is 0 Å². The molecule has 0 aliphatic heterocycles. The molecule has 0 fully saturated rings. The van der Waals surface area contributed by atoms with Crippen LogP contribution in [0.15, 0.2) is 0 Å². The van der Waals surface area contributed by atoms with E-state index in [1.54, 1.807) is 0 Å². The summed E-state index contributed by atoms with van der Waals surface area (Å²) in [5.74, 6) is 0. The van der Waals surface area contributed by atoms with Crippen LogP contribution in [0.1, 0.15) is 0 Å². The molecule has 0 aromatic rings. The van der Waals surface area contributed by atoms with Crippen molar-refractivity contribution in [3.05, 3.63) is 0 Å². The van der Waals surface area contributed by atoms with Gasteiger partial charge in [-0.25, -0.2) is 0 Å². The van der Waals surface area contributed by atoms with E-state index in [1.165, 1.54) is 0 Å². The molecule has 0 aliphatic carbocycles. The Morgan fingerprint density at radius 1 is 0.625 bits per heavy atom. The van der Waals surface area contributed by atoms with E-state index in [1.807, 2.05) is 0 Å². The zero-order valence-electron chi connectivity index (χ0n) is 3.63. The molecule has 0 saturated heterocycles. The first-order valence-electron chi connectivity index (χ1n) is 0. The molecule has 8 heteroatoms. The molecule has 0 aromatic heterocycles. The fourth-order valence-corrected chi connectivity index (χ4v) is 0. The molecular weight excluding hydrogens is 804 g/mol. The molecule has 0 atom stereocenters. The van der Waals surface area contributed by atoms with Crippen molar-refractivity contribution in [1.82, 2.24) is 0 Å². The average molecular weight is 804 g/mol. The van der Waals surface area contributed by atoms with Crippen LogP contribution in [0.4, 0.5) is 0 Å². The minimum atomic E-state index is 0. The maximum absolute atomic E-state index is 0. The van der Waals surface area contributed by atoms with Crippen molar-refractivity contribution in [2.45, 2.75) is 0 Å². The predicted octanol–water partition coefficient (Wildman–Crippen LogP) is -0.480. The van der Waals surface area contributed by atoms with E-state index in [9.17, 15) is 0 Å². The van der Waals surface area contributed by atoms with Crippen molar-refractivity contribution in [1.29, 1.82) is 0 Å². The maximum Gasteiger partial charge on any atom is 4.00 e. The van der Waals surface area contributed by atoms with E-state index in [4.69, 9.17) is 0 Å². The topological polar surface area (TPSA) is 114 Å². The largest absolute Gasteiger partial charge is 4.00 e. The third-order valence-electron chi connectivity index (χ3n) is 0. The van der Waals surface area contributed by atoms with Gasteiger partial charge in [0.25, 0.3) is 0 Å². The van der Waals surface area contributed by atoms with Gasteiger partial charge in [-0.15, -0.1) is 0 Å². The first-order chi connectivity index (χ1) is 0. The van der Waals surface area contributed by atoms with E-state index in [-0.39, 0.29) is 145 Å². The fraction of sp³-hybridized carbons (Fsp3) is 0. The van der Waals surface area contributed by atoms with Gasteiger partial charge >= 0.3 is 92.0 Å². The molecule has 4 nitrogen and oxygen atoms in total. The average Bonchev–Trinajstić information content (AvgIpc) is 0. The number of hydrogen-bond donors (Lipinski definition) is 0. The van der Waals surface area contributed by atoms with E-state index in [2.05, 4.69) is 0 Å². The quantitative estimate of drug-likeness (QED) is 0.295. The summed E-state index contributed by atoms with van der Waals surface area (Å²) in [7, 11) is 0. The Labute approximate surface area is 142 Å². The second-order valence-corrected chi connectivity index (χ2v) is 0. The van der Waals surface area contributed by atoms with Crippen molar-refractivity contribution < 1.29 is 145 Å². The molecular formula is HfO4ThUZr+4. The van der Waals surface area contributed by atoms with E-state index in [0.29, 0.717) is 0 Å². The van der Waals surface area contributed by atoms with Crippen LogP contribution in [0.25, 0.3) is 0 Å². The van der Waals surface area contributed by atoms with Gasteiger partial charge in [-0.2, -0.15) is 0 Å². The summed E-state index contributed by atoms with van der Waals surface area (Å²) >= 11 is 0. The maximum atomic E-state index is 0. The van der Waals surface area contributed by atoms with E-state index < -0.39 is 0 Å². The van der Waals surface area contributed by atoms with Crippen LogP contribution < -0.4 is 0 Å². The number of rotatable bonds is 0. The van der Waals surface area contributed by atoms with Gasteiger partial charge in [0.15, 0.2) is 0 Å². The Kier molecular flexibility index (Phi) is 790. The van der Waals surface area contributed by atoms with Crippen molar-refractivity contribution in [2.75, 3.05) is 0 Å². The molecule has 0 bridgehead atoms. The minimum Gasteiger partial charge on any atom is -2.00 e. The zero-order chi connectivity index (χ0) is 0. The summed E-state index contributed by atoms with van der Waals surface area (Å²) in [5, 5.41) is 0. The first kappa shape index (κ1) is 91.4. The molecule has 0 amide bonds. The molecule has 36 valence electrons. The molecule has 0 aromatic carbocycles. The van der Waals surface area contributed by atoms with Gasteiger partial charge in [0.05, 0.1) is 0 Å². The summed E-state index contributed by atoms with van der Waals surface area (Å²) in [6.07, 6.45) is 0. The fourth-order valence-electron chi connectivity index (χ4n) is 0. The van der Waals surface area contributed by atoms with E-state index in [0.717, 1.165) is 0 Å². The van der Waals surface area contributed by atoms with Gasteiger partial charge in [0, 0.05) is 31.1 Å². The molecule has 0 unspecified atom stereocenters. The first-order valence-corrected chi connectivity index (χ1v) is 0. The smallest absolute Gasteiger partial charge is 2.00 e. The molecule has 0 spiro atoms. The van der Waals surface area contributed by atoms with Crippen molar-refractivity contribution >= 4 is 0 Å². The molecule has 0 heterocycles. The Balaban J connectivity index is 0. The van der Waals surface area contributed by atoms with Crippen LogP contribution in [0.3, 0.4) is 0 Å². The second-order valence-electron chi connectivity index (χ2n) is 0. The van der Waals surface area contributed by atoms with Gasteiger partial charge < -0.3 is 21.9 Å². The molecule has 0 N–H and O–H groups in total. The summed E-state index contributed by atoms with van der Waals surface area (Å²) in [4.78, 5) is 0. The van der Waals surface area contributed by atoms with Crippen molar-refractivity contribution in [3.63, 3.8) is 0 Å². The second kappa shape index (κ2) is 69.2. The van der Waals surface area contributed by atoms with E-state index >= 15 is 0 Å². The molecule has 0 radical (unpaired) electrons. The van der Waals surface area contributed by atoms with Crippen LogP contribution >= 0.6 is 0 Å². The standard InChI is InChI=1S/Hf.4O.Th.U.Zr/q+4;4*-2;+4;;+4. The summed E-state index contributed by atoms with van der Waals surface area (Å²) in [6, 6.07) is 0. The third-order valence-corrected chi connectivity index (χ3v) is 0. The van der Waals surface area contributed by atoms with Crippen molar-refractivity contribution in [3.8, 4) is 0 Å². The normalized spacial score (nSPS) is 0. The van der Waals surface area contributed by atoms with Crippen LogP contribution in [0, 0.1) is 71.1 Å². The molecule has 0 rings (SSSR count). The van der Waals surface area contributed by atoms with Crippen molar-refractivity contribution in [2.24, 2.45) is 0 Å². The monoisotopic (exact) mass is 804 g/mol. The summed E-state index contributed by atoms with van der Waals surface area (Å²) in [5.41, 5.74) is 0. The Hall–Kier alpha value is 3.97. The minimum absolute atomic E-state index is 0. The summed E-state index contributed by atoms with van der Waals surface area (Å²) in [6.45, 7) is 0. The molecule has 0 saturated carbocycles. The number of hydrogen-bond acceptors (Lipinski definition) is 0.